The summed E-state index contributed by atoms with van der Waals surface area (Å²) in [5.74, 6) is 0. The van der Waals surface area contributed by atoms with Crippen molar-refractivity contribution in [1.29, 1.82) is 0 Å². The van der Waals surface area contributed by atoms with E-state index < -0.39 is 42.4 Å². The summed E-state index contributed by atoms with van der Waals surface area (Å²) in [5.41, 5.74) is -1.10. The zero-order chi connectivity index (χ0) is 13.4. The minimum absolute atomic E-state index is 0.271. The van der Waals surface area contributed by atoms with Gasteiger partial charge in [-0.2, -0.15) is 0 Å². The Kier molecular flexibility index (Phi) is 3.35. The molecule has 1 aromatic heterocycles. The fourth-order valence-electron chi connectivity index (χ4n) is 1.91. The molecule has 0 bridgehead atoms. The van der Waals surface area contributed by atoms with Crippen molar-refractivity contribution in [2.24, 2.45) is 0 Å². The van der Waals surface area contributed by atoms with E-state index in [0.29, 0.717) is 4.57 Å². The first kappa shape index (κ1) is 13.0. The fourth-order valence-corrected chi connectivity index (χ4v) is 1.91. The van der Waals surface area contributed by atoms with Gasteiger partial charge < -0.3 is 25.0 Å². The molecule has 8 nitrogen and oxygen atoms in total. The zero-order valence-electron chi connectivity index (χ0n) is 9.61. The van der Waals surface area contributed by atoms with Gasteiger partial charge in [0.25, 0.3) is 5.56 Å². The molecule has 0 spiro atoms. The minimum Gasteiger partial charge on any atom is -0.394 e. The highest BCUT2D eigenvalue weighted by molar-refractivity contribution is 5.03. The van der Waals surface area contributed by atoms with Gasteiger partial charge in [0.05, 0.1) is 6.61 Å². The monoisotopic (exact) mass is 258 g/mol. The van der Waals surface area contributed by atoms with E-state index in [0.717, 1.165) is 0 Å². The van der Waals surface area contributed by atoms with Gasteiger partial charge in [-0.1, -0.05) is 0 Å². The molecule has 0 aliphatic carbocycles. The third-order valence-corrected chi connectivity index (χ3v) is 2.96. The number of aryl methyl sites for hydroxylation is 1. The highest BCUT2D eigenvalue weighted by Gasteiger charge is 2.44. The van der Waals surface area contributed by atoms with E-state index >= 15 is 0 Å². The summed E-state index contributed by atoms with van der Waals surface area (Å²) in [6.07, 6.45) is -3.90. The summed E-state index contributed by atoms with van der Waals surface area (Å²) in [5, 5.41) is 28.3. The van der Waals surface area contributed by atoms with Crippen LogP contribution in [0.25, 0.3) is 0 Å². The number of H-pyrrole nitrogens is 1. The van der Waals surface area contributed by atoms with Crippen LogP contribution in [0, 0.1) is 6.92 Å². The topological polar surface area (TPSA) is 125 Å². The van der Waals surface area contributed by atoms with Gasteiger partial charge in [-0.25, -0.2) is 9.36 Å². The number of aromatic nitrogens is 2. The van der Waals surface area contributed by atoms with Crippen molar-refractivity contribution < 1.29 is 20.1 Å². The molecule has 100 valence electrons. The first-order chi connectivity index (χ1) is 8.47. The van der Waals surface area contributed by atoms with E-state index in [1.807, 2.05) is 0 Å². The van der Waals surface area contributed by atoms with Crippen molar-refractivity contribution in [2.75, 3.05) is 6.61 Å². The molecule has 1 aromatic rings. The lowest BCUT2D eigenvalue weighted by Crippen LogP contribution is -2.43. The molecule has 4 N–H and O–H groups in total. The Morgan fingerprint density at radius 3 is 2.61 bits per heavy atom. The van der Waals surface area contributed by atoms with Crippen molar-refractivity contribution in [2.45, 2.75) is 31.5 Å². The van der Waals surface area contributed by atoms with Crippen LogP contribution in [0.4, 0.5) is 0 Å². The molecule has 8 heteroatoms. The Bertz CT molecular complexity index is 550. The maximum atomic E-state index is 11.8. The molecule has 2 rings (SSSR count). The van der Waals surface area contributed by atoms with Crippen LogP contribution in [0.5, 0.6) is 0 Å². The van der Waals surface area contributed by atoms with E-state index in [2.05, 4.69) is 4.98 Å². The van der Waals surface area contributed by atoms with Crippen LogP contribution in [0.15, 0.2) is 15.8 Å². The number of nitrogens with zero attached hydrogens (tertiary/aromatic N) is 1. The predicted octanol–water partition coefficient (Wildman–Crippen LogP) is -2.54. The molecule has 18 heavy (non-hydrogen) atoms. The highest BCUT2D eigenvalue weighted by Crippen LogP contribution is 2.27. The summed E-state index contributed by atoms with van der Waals surface area (Å²) in [4.78, 5) is 25.8. The smallest absolute Gasteiger partial charge is 0.330 e. The van der Waals surface area contributed by atoms with E-state index in [4.69, 9.17) is 9.84 Å². The molecule has 4 atom stereocenters. The molecule has 1 aliphatic rings. The van der Waals surface area contributed by atoms with Crippen molar-refractivity contribution in [3.63, 3.8) is 0 Å². The van der Waals surface area contributed by atoms with Crippen LogP contribution in [0.2, 0.25) is 0 Å². The maximum Gasteiger partial charge on any atom is 0.330 e. The summed E-state index contributed by atoms with van der Waals surface area (Å²) < 4.78 is 5.82. The van der Waals surface area contributed by atoms with E-state index in [9.17, 15) is 19.8 Å². The van der Waals surface area contributed by atoms with Gasteiger partial charge in [0.15, 0.2) is 6.23 Å². The largest absolute Gasteiger partial charge is 0.394 e. The second kappa shape index (κ2) is 4.65. The Hall–Kier alpha value is -1.48. The second-order valence-electron chi connectivity index (χ2n) is 4.18. The van der Waals surface area contributed by atoms with Gasteiger partial charge in [0.1, 0.15) is 18.3 Å². The highest BCUT2D eigenvalue weighted by atomic mass is 16.6. The minimum atomic E-state index is -1.46. The van der Waals surface area contributed by atoms with Crippen LogP contribution in [0.1, 0.15) is 11.8 Å². The van der Waals surface area contributed by atoms with Gasteiger partial charge in [-0.05, 0) is 6.92 Å². The van der Waals surface area contributed by atoms with E-state index in [1.54, 1.807) is 0 Å². The fraction of sp³-hybridized carbons (Fsp3) is 0.600. The van der Waals surface area contributed by atoms with Crippen molar-refractivity contribution in [3.05, 3.63) is 32.6 Å². The van der Waals surface area contributed by atoms with Crippen LogP contribution in [-0.4, -0.2) is 49.8 Å². The summed E-state index contributed by atoms with van der Waals surface area (Å²) >= 11 is 0. The summed E-state index contributed by atoms with van der Waals surface area (Å²) in [6, 6.07) is 0. The molecule has 1 aliphatic heterocycles. The molecule has 0 amide bonds. The van der Waals surface area contributed by atoms with Crippen LogP contribution >= 0.6 is 0 Å². The number of hydrogen-bond acceptors (Lipinski definition) is 6. The van der Waals surface area contributed by atoms with Crippen molar-refractivity contribution in [3.8, 4) is 0 Å². The third-order valence-electron chi connectivity index (χ3n) is 2.96. The Labute approximate surface area is 101 Å². The number of hydrogen-bond donors (Lipinski definition) is 4. The van der Waals surface area contributed by atoms with E-state index in [1.165, 1.54) is 13.1 Å². The predicted molar refractivity (Wildman–Crippen MR) is 59.1 cm³/mol. The average Bonchev–Trinajstić information content (AvgIpc) is 2.62. The number of rotatable bonds is 2. The molecule has 2 heterocycles. The molecule has 1 fully saturated rings. The average molecular weight is 258 g/mol. The lowest BCUT2D eigenvalue weighted by atomic mass is 10.1. The van der Waals surface area contributed by atoms with Crippen LogP contribution in [-0.2, 0) is 4.74 Å². The number of aliphatic hydroxyl groups excluding tert-OH is 3. The molecule has 1 unspecified atom stereocenters. The van der Waals surface area contributed by atoms with Crippen LogP contribution in [0.3, 0.4) is 0 Å². The molecular weight excluding hydrogens is 244 g/mol. The van der Waals surface area contributed by atoms with Gasteiger partial charge >= 0.3 is 5.69 Å². The third kappa shape index (κ3) is 1.89. The number of ether oxygens (including phenoxy) is 1. The SMILES string of the molecule is Cc1c[nH]c(=O)n(C2O[C@H](CO)[C@H](O)[C@H]2O)c1=O. The maximum absolute atomic E-state index is 11.8. The van der Waals surface area contributed by atoms with Crippen LogP contribution < -0.4 is 11.2 Å². The normalized spacial score (nSPS) is 31.8. The van der Waals surface area contributed by atoms with Crippen molar-refractivity contribution in [1.82, 2.24) is 9.55 Å². The standard InChI is InChI=1S/C10H14N2O6/c1-4-2-11-10(17)12(8(4)16)9-7(15)6(14)5(3-13)18-9/h2,5-7,9,13-15H,3H2,1H3,(H,11,17)/t5-,6+,7-,9?/m1/s1. The number of aliphatic hydroxyl groups is 3. The Morgan fingerprint density at radius 1 is 1.39 bits per heavy atom. The molecule has 0 saturated carbocycles. The molecule has 1 saturated heterocycles. The first-order valence-electron chi connectivity index (χ1n) is 5.40. The lowest BCUT2D eigenvalue weighted by molar-refractivity contribution is -0.0565. The molecule has 0 radical (unpaired) electrons. The Balaban J connectivity index is 2.48. The van der Waals surface area contributed by atoms with Gasteiger partial charge in [-0.15, -0.1) is 0 Å². The van der Waals surface area contributed by atoms with Crippen molar-refractivity contribution >= 4 is 0 Å². The van der Waals surface area contributed by atoms with Gasteiger partial charge in [-0.3, -0.25) is 4.79 Å². The summed E-state index contributed by atoms with van der Waals surface area (Å²) in [6.45, 7) is 0.975. The quantitative estimate of drug-likeness (QED) is 0.463. The zero-order valence-corrected chi connectivity index (χ0v) is 9.61. The molecule has 0 aromatic carbocycles. The van der Waals surface area contributed by atoms with E-state index in [-0.39, 0.29) is 5.56 Å². The van der Waals surface area contributed by atoms with Gasteiger partial charge in [0, 0.05) is 11.8 Å². The lowest BCUT2D eigenvalue weighted by Gasteiger charge is -2.16. The first-order valence-corrected chi connectivity index (χ1v) is 5.40. The molecular formula is C10H14N2O6. The number of nitrogens with one attached hydrogen (secondary N) is 1. The summed E-state index contributed by atoms with van der Waals surface area (Å²) in [7, 11) is 0. The number of aromatic amines is 1. The van der Waals surface area contributed by atoms with Gasteiger partial charge in [0.2, 0.25) is 0 Å². The second-order valence-corrected chi connectivity index (χ2v) is 4.18. The Morgan fingerprint density at radius 2 is 2.06 bits per heavy atom.